The normalized spacial score (nSPS) is 23.5. The molecule has 0 radical (unpaired) electrons. The van der Waals surface area contributed by atoms with Crippen LogP contribution >= 0.6 is 23.2 Å². The number of nitrogens with zero attached hydrogens (tertiary/aromatic N) is 1. The Morgan fingerprint density at radius 3 is 2.63 bits per heavy atom. The Kier molecular flexibility index (Phi) is 4.39. The molecule has 1 heterocycles. The molecule has 1 atom stereocenters. The van der Waals surface area contributed by atoms with Gasteiger partial charge in [-0.3, -0.25) is 4.79 Å². The fourth-order valence-electron chi connectivity index (χ4n) is 2.40. The molecule has 1 N–H and O–H groups in total. The van der Waals surface area contributed by atoms with Crippen LogP contribution in [0.25, 0.3) is 0 Å². The molecule has 0 aromatic heterocycles. The number of piperidine rings is 1. The maximum Gasteiger partial charge on any atom is 0.227 e. The topological polar surface area (TPSA) is 40.5 Å². The van der Waals surface area contributed by atoms with Gasteiger partial charge >= 0.3 is 0 Å². The van der Waals surface area contributed by atoms with Gasteiger partial charge in [0.2, 0.25) is 5.91 Å². The summed E-state index contributed by atoms with van der Waals surface area (Å²) in [5.74, 6) is -0.0463. The predicted octanol–water partition coefficient (Wildman–Crippen LogP) is 2.91. The second kappa shape index (κ2) is 5.70. The van der Waals surface area contributed by atoms with Gasteiger partial charge in [0.25, 0.3) is 0 Å². The highest BCUT2D eigenvalue weighted by Crippen LogP contribution is 2.26. The van der Waals surface area contributed by atoms with E-state index in [0.717, 1.165) is 12.8 Å². The molecule has 3 nitrogen and oxygen atoms in total. The van der Waals surface area contributed by atoms with E-state index in [1.165, 1.54) is 0 Å². The van der Waals surface area contributed by atoms with Crippen molar-refractivity contribution in [2.24, 2.45) is 0 Å². The first kappa shape index (κ1) is 14.6. The molecule has 1 fully saturated rings. The van der Waals surface area contributed by atoms with Crippen LogP contribution in [0, 0.1) is 0 Å². The van der Waals surface area contributed by atoms with Gasteiger partial charge in [-0.15, -0.1) is 0 Å². The van der Waals surface area contributed by atoms with E-state index in [4.69, 9.17) is 23.2 Å². The number of hydrogen-bond donors (Lipinski definition) is 1. The molecule has 1 amide bonds. The summed E-state index contributed by atoms with van der Waals surface area (Å²) in [6.07, 6.45) is 1.72. The molecule has 0 aliphatic carbocycles. The van der Waals surface area contributed by atoms with Gasteiger partial charge in [0.15, 0.2) is 0 Å². The van der Waals surface area contributed by atoms with Crippen LogP contribution in [0.15, 0.2) is 18.2 Å². The van der Waals surface area contributed by atoms with Crippen molar-refractivity contribution in [2.75, 3.05) is 13.1 Å². The van der Waals surface area contributed by atoms with E-state index in [0.29, 0.717) is 28.7 Å². The molecule has 5 heteroatoms. The van der Waals surface area contributed by atoms with Crippen molar-refractivity contribution >= 4 is 29.1 Å². The molecular weight excluding hydrogens is 285 g/mol. The zero-order valence-electron chi connectivity index (χ0n) is 10.8. The van der Waals surface area contributed by atoms with Gasteiger partial charge in [-0.05, 0) is 37.5 Å². The van der Waals surface area contributed by atoms with Crippen LogP contribution in [0.2, 0.25) is 10.0 Å². The lowest BCUT2D eigenvalue weighted by atomic mass is 9.95. The molecule has 1 aromatic rings. The number of amides is 1. The maximum atomic E-state index is 12.3. The summed E-state index contributed by atoms with van der Waals surface area (Å²) in [7, 11) is 0. The fraction of sp³-hybridized carbons (Fsp3) is 0.500. The third-order valence-corrected chi connectivity index (χ3v) is 4.13. The summed E-state index contributed by atoms with van der Waals surface area (Å²) in [5, 5.41) is 11.0. The standard InChI is InChI=1S/C14H17Cl2NO2/c1-14(19)6-3-7-17(9-14)13(18)8-10-11(15)4-2-5-12(10)16/h2,4-5,19H,3,6-9H2,1H3. The highest BCUT2D eigenvalue weighted by Gasteiger charge is 2.31. The zero-order chi connectivity index (χ0) is 14.0. The molecule has 104 valence electrons. The van der Waals surface area contributed by atoms with Crippen LogP contribution < -0.4 is 0 Å². The van der Waals surface area contributed by atoms with Crippen LogP contribution in [0.4, 0.5) is 0 Å². The largest absolute Gasteiger partial charge is 0.388 e. The first-order valence-electron chi connectivity index (χ1n) is 6.32. The van der Waals surface area contributed by atoms with Crippen molar-refractivity contribution in [1.29, 1.82) is 0 Å². The molecule has 1 saturated heterocycles. The summed E-state index contributed by atoms with van der Waals surface area (Å²) in [4.78, 5) is 13.9. The van der Waals surface area contributed by atoms with Crippen molar-refractivity contribution in [3.05, 3.63) is 33.8 Å². The zero-order valence-corrected chi connectivity index (χ0v) is 12.3. The van der Waals surface area contributed by atoms with Crippen LogP contribution in [-0.4, -0.2) is 34.6 Å². The van der Waals surface area contributed by atoms with Gasteiger partial charge in [-0.25, -0.2) is 0 Å². The number of rotatable bonds is 2. The third kappa shape index (κ3) is 3.62. The molecule has 0 bridgehead atoms. The Labute approximate surface area is 123 Å². The Hall–Kier alpha value is -0.770. The van der Waals surface area contributed by atoms with E-state index in [9.17, 15) is 9.90 Å². The van der Waals surface area contributed by atoms with Crippen LogP contribution in [0.5, 0.6) is 0 Å². The first-order valence-corrected chi connectivity index (χ1v) is 7.08. The van der Waals surface area contributed by atoms with Gasteiger partial charge < -0.3 is 10.0 Å². The summed E-state index contributed by atoms with van der Waals surface area (Å²) >= 11 is 12.1. The van der Waals surface area contributed by atoms with E-state index in [-0.39, 0.29) is 12.3 Å². The van der Waals surface area contributed by atoms with Gasteiger partial charge in [0.1, 0.15) is 0 Å². The monoisotopic (exact) mass is 301 g/mol. The fourth-order valence-corrected chi connectivity index (χ4v) is 2.93. The summed E-state index contributed by atoms with van der Waals surface area (Å²) < 4.78 is 0. The molecule has 1 unspecified atom stereocenters. The van der Waals surface area contributed by atoms with Gasteiger partial charge in [0.05, 0.1) is 12.0 Å². The summed E-state index contributed by atoms with van der Waals surface area (Å²) in [6, 6.07) is 5.20. The Balaban J connectivity index is 2.09. The van der Waals surface area contributed by atoms with Crippen LogP contribution in [0.3, 0.4) is 0 Å². The van der Waals surface area contributed by atoms with Crippen molar-refractivity contribution in [3.8, 4) is 0 Å². The minimum atomic E-state index is -0.793. The smallest absolute Gasteiger partial charge is 0.227 e. The Morgan fingerprint density at radius 2 is 2.05 bits per heavy atom. The van der Waals surface area contributed by atoms with Gasteiger partial charge in [0, 0.05) is 23.1 Å². The summed E-state index contributed by atoms with van der Waals surface area (Å²) in [6.45, 7) is 2.81. The van der Waals surface area contributed by atoms with Crippen molar-refractivity contribution in [1.82, 2.24) is 4.90 Å². The summed E-state index contributed by atoms with van der Waals surface area (Å²) in [5.41, 5.74) is -0.140. The number of hydrogen-bond acceptors (Lipinski definition) is 2. The second-order valence-electron chi connectivity index (χ2n) is 5.29. The van der Waals surface area contributed by atoms with Crippen LogP contribution in [-0.2, 0) is 11.2 Å². The molecule has 0 spiro atoms. The van der Waals surface area contributed by atoms with E-state index < -0.39 is 5.60 Å². The lowest BCUT2D eigenvalue weighted by molar-refractivity contribution is -0.136. The van der Waals surface area contributed by atoms with Gasteiger partial charge in [-0.2, -0.15) is 0 Å². The Morgan fingerprint density at radius 1 is 1.42 bits per heavy atom. The molecule has 1 aliphatic rings. The second-order valence-corrected chi connectivity index (χ2v) is 6.11. The number of halogens is 2. The number of carbonyl (C=O) groups excluding carboxylic acids is 1. The molecule has 2 rings (SSSR count). The van der Waals surface area contributed by atoms with Crippen molar-refractivity contribution in [3.63, 3.8) is 0 Å². The van der Waals surface area contributed by atoms with E-state index >= 15 is 0 Å². The number of benzene rings is 1. The quantitative estimate of drug-likeness (QED) is 0.912. The Bertz CT molecular complexity index is 468. The van der Waals surface area contributed by atoms with E-state index in [1.54, 1.807) is 30.0 Å². The van der Waals surface area contributed by atoms with Crippen LogP contribution in [0.1, 0.15) is 25.3 Å². The minimum Gasteiger partial charge on any atom is -0.388 e. The lowest BCUT2D eigenvalue weighted by Crippen LogP contribution is -2.49. The number of carbonyl (C=O) groups is 1. The van der Waals surface area contributed by atoms with Crippen molar-refractivity contribution in [2.45, 2.75) is 31.8 Å². The van der Waals surface area contributed by atoms with E-state index in [1.807, 2.05) is 0 Å². The number of likely N-dealkylation sites (tertiary alicyclic amines) is 1. The average Bonchev–Trinajstić information content (AvgIpc) is 2.32. The number of aliphatic hydroxyl groups is 1. The SMILES string of the molecule is CC1(O)CCCN(C(=O)Cc2c(Cl)cccc2Cl)C1. The molecule has 1 aromatic carbocycles. The minimum absolute atomic E-state index is 0.0463. The van der Waals surface area contributed by atoms with E-state index in [2.05, 4.69) is 0 Å². The lowest BCUT2D eigenvalue weighted by Gasteiger charge is -2.37. The maximum absolute atomic E-state index is 12.3. The highest BCUT2D eigenvalue weighted by molar-refractivity contribution is 6.36. The number of β-amino-alcohol motifs (C(OH)–C–C–N with tert-alkyl or cyclic N) is 1. The van der Waals surface area contributed by atoms with Crippen molar-refractivity contribution < 1.29 is 9.90 Å². The first-order chi connectivity index (χ1) is 8.89. The van der Waals surface area contributed by atoms with Gasteiger partial charge in [-0.1, -0.05) is 29.3 Å². The molecule has 0 saturated carbocycles. The highest BCUT2D eigenvalue weighted by atomic mass is 35.5. The predicted molar refractivity (Wildman–Crippen MR) is 76.6 cm³/mol. The molecule has 19 heavy (non-hydrogen) atoms. The third-order valence-electron chi connectivity index (χ3n) is 3.42. The average molecular weight is 302 g/mol. The molecular formula is C14H17Cl2NO2. The molecule has 1 aliphatic heterocycles.